The van der Waals surface area contributed by atoms with Gasteiger partial charge in [0.05, 0.1) is 13.2 Å². The molecule has 0 bridgehead atoms. The second-order valence-corrected chi connectivity index (χ2v) is 5.50. The quantitative estimate of drug-likeness (QED) is 0.607. The van der Waals surface area contributed by atoms with Crippen LogP contribution in [0.3, 0.4) is 0 Å². The third-order valence-corrected chi connectivity index (χ3v) is 3.66. The maximum Gasteiger partial charge on any atom is 0.251 e. The van der Waals surface area contributed by atoms with Crippen molar-refractivity contribution in [3.8, 4) is 11.6 Å². The first-order valence-corrected chi connectivity index (χ1v) is 8.18. The van der Waals surface area contributed by atoms with Gasteiger partial charge in [-0.15, -0.1) is 10.2 Å². The fourth-order valence-corrected chi connectivity index (χ4v) is 2.32. The number of benzene rings is 1. The summed E-state index contributed by atoms with van der Waals surface area (Å²) < 4.78 is 25.1. The van der Waals surface area contributed by atoms with Crippen LogP contribution in [0.2, 0.25) is 0 Å². The Bertz CT molecular complexity index is 898. The summed E-state index contributed by atoms with van der Waals surface area (Å²) in [6, 6.07) is 9.05. The number of nitrogens with one attached hydrogen (secondary N) is 1. The fourth-order valence-electron chi connectivity index (χ4n) is 2.32. The van der Waals surface area contributed by atoms with Gasteiger partial charge in [-0.2, -0.15) is 0 Å². The van der Waals surface area contributed by atoms with Gasteiger partial charge in [0.1, 0.15) is 18.8 Å². The molecule has 0 aliphatic carbocycles. The summed E-state index contributed by atoms with van der Waals surface area (Å²) in [6.07, 6.45) is 3.00. The van der Waals surface area contributed by atoms with Crippen LogP contribution in [0, 0.1) is 5.82 Å². The number of hydrogen-bond donors (Lipinski definition) is 1. The maximum atomic E-state index is 13.1. The Kier molecular flexibility index (Phi) is 6.06. The van der Waals surface area contributed by atoms with Gasteiger partial charge >= 0.3 is 0 Å². The van der Waals surface area contributed by atoms with Crippen molar-refractivity contribution in [2.45, 2.75) is 6.54 Å². The van der Waals surface area contributed by atoms with Gasteiger partial charge in [0.25, 0.3) is 5.91 Å². The summed E-state index contributed by atoms with van der Waals surface area (Å²) in [5.74, 6) is 0.222. The molecule has 140 valence electrons. The van der Waals surface area contributed by atoms with E-state index < -0.39 is 0 Å². The Morgan fingerprint density at radius 2 is 2.04 bits per heavy atom. The standard InChI is InChI=1S/C18H18FN5O3/c1-26-8-9-27-17-10-13(6-7-20-17)18(25)21-11-16-23-22-12-24(16)15-4-2-14(19)3-5-15/h2-7,10,12H,8-9,11H2,1H3,(H,21,25). The highest BCUT2D eigenvalue weighted by molar-refractivity contribution is 5.94. The van der Waals surface area contributed by atoms with Crippen LogP contribution in [0.5, 0.6) is 5.88 Å². The number of pyridine rings is 1. The Hall–Kier alpha value is -3.33. The SMILES string of the molecule is COCCOc1cc(C(=O)NCc2nncn2-c2ccc(F)cc2)ccn1. The molecule has 1 N–H and O–H groups in total. The predicted octanol–water partition coefficient (Wildman–Crippen LogP) is 1.76. The number of amides is 1. The molecule has 9 heteroatoms. The Morgan fingerprint density at radius 1 is 1.22 bits per heavy atom. The van der Waals surface area contributed by atoms with E-state index >= 15 is 0 Å². The van der Waals surface area contributed by atoms with E-state index in [1.807, 2.05) is 0 Å². The molecule has 1 amide bonds. The van der Waals surface area contributed by atoms with Crippen molar-refractivity contribution >= 4 is 5.91 Å². The molecule has 2 heterocycles. The number of methoxy groups -OCH3 is 1. The molecule has 0 atom stereocenters. The molecular weight excluding hydrogens is 353 g/mol. The van der Waals surface area contributed by atoms with E-state index in [1.54, 1.807) is 35.9 Å². The van der Waals surface area contributed by atoms with Crippen LogP contribution in [0.15, 0.2) is 48.9 Å². The van der Waals surface area contributed by atoms with Gasteiger partial charge in [-0.3, -0.25) is 9.36 Å². The van der Waals surface area contributed by atoms with Gasteiger partial charge in [-0.25, -0.2) is 9.37 Å². The van der Waals surface area contributed by atoms with Gasteiger partial charge in [0.2, 0.25) is 5.88 Å². The number of aromatic nitrogens is 4. The Balaban J connectivity index is 1.64. The minimum absolute atomic E-state index is 0.151. The third kappa shape index (κ3) is 4.85. The lowest BCUT2D eigenvalue weighted by atomic mass is 10.2. The minimum Gasteiger partial charge on any atom is -0.475 e. The molecule has 27 heavy (non-hydrogen) atoms. The normalized spacial score (nSPS) is 10.6. The van der Waals surface area contributed by atoms with E-state index in [0.29, 0.717) is 36.2 Å². The predicted molar refractivity (Wildman–Crippen MR) is 94.1 cm³/mol. The van der Waals surface area contributed by atoms with Crippen LogP contribution in [0.4, 0.5) is 4.39 Å². The molecule has 3 rings (SSSR count). The lowest BCUT2D eigenvalue weighted by molar-refractivity contribution is 0.0948. The molecule has 0 aliphatic heterocycles. The zero-order chi connectivity index (χ0) is 19.1. The average Bonchev–Trinajstić information content (AvgIpc) is 3.16. The molecule has 8 nitrogen and oxygen atoms in total. The van der Waals surface area contributed by atoms with Crippen LogP contribution < -0.4 is 10.1 Å². The highest BCUT2D eigenvalue weighted by Gasteiger charge is 2.11. The number of carbonyl (C=O) groups is 1. The van der Waals surface area contributed by atoms with Crippen LogP contribution >= 0.6 is 0 Å². The number of ether oxygens (including phenoxy) is 2. The number of hydrogen-bond acceptors (Lipinski definition) is 6. The molecule has 0 unspecified atom stereocenters. The molecule has 0 aliphatic rings. The Labute approximate surface area is 155 Å². The monoisotopic (exact) mass is 371 g/mol. The van der Waals surface area contributed by atoms with Gasteiger partial charge in [-0.1, -0.05) is 0 Å². The first-order valence-electron chi connectivity index (χ1n) is 8.18. The minimum atomic E-state index is -0.331. The van der Waals surface area contributed by atoms with E-state index in [2.05, 4.69) is 20.5 Å². The number of carbonyl (C=O) groups excluding carboxylic acids is 1. The van der Waals surface area contributed by atoms with Crippen molar-refractivity contribution in [3.63, 3.8) is 0 Å². The Morgan fingerprint density at radius 3 is 2.81 bits per heavy atom. The highest BCUT2D eigenvalue weighted by atomic mass is 19.1. The van der Waals surface area contributed by atoms with E-state index in [-0.39, 0.29) is 18.3 Å². The van der Waals surface area contributed by atoms with Gasteiger partial charge < -0.3 is 14.8 Å². The van der Waals surface area contributed by atoms with Crippen molar-refractivity contribution in [2.75, 3.05) is 20.3 Å². The lowest BCUT2D eigenvalue weighted by Gasteiger charge is -2.09. The summed E-state index contributed by atoms with van der Waals surface area (Å²) >= 11 is 0. The van der Waals surface area contributed by atoms with E-state index in [1.165, 1.54) is 24.7 Å². The molecule has 0 spiro atoms. The maximum absolute atomic E-state index is 13.1. The molecule has 1 aromatic carbocycles. The highest BCUT2D eigenvalue weighted by Crippen LogP contribution is 2.12. The van der Waals surface area contributed by atoms with Crippen molar-refractivity contribution < 1.29 is 18.7 Å². The largest absolute Gasteiger partial charge is 0.475 e. The topological polar surface area (TPSA) is 91.2 Å². The molecule has 2 aromatic heterocycles. The van der Waals surface area contributed by atoms with Gasteiger partial charge in [0, 0.05) is 30.6 Å². The molecule has 0 radical (unpaired) electrons. The summed E-state index contributed by atoms with van der Waals surface area (Å²) in [5, 5.41) is 10.6. The number of nitrogens with zero attached hydrogens (tertiary/aromatic N) is 4. The lowest BCUT2D eigenvalue weighted by Crippen LogP contribution is -2.24. The average molecular weight is 371 g/mol. The van der Waals surface area contributed by atoms with Gasteiger partial charge in [-0.05, 0) is 30.3 Å². The van der Waals surface area contributed by atoms with E-state index in [4.69, 9.17) is 9.47 Å². The second-order valence-electron chi connectivity index (χ2n) is 5.50. The molecule has 3 aromatic rings. The first kappa shape index (κ1) is 18.5. The van der Waals surface area contributed by atoms with E-state index in [0.717, 1.165) is 0 Å². The number of rotatable bonds is 8. The van der Waals surface area contributed by atoms with Crippen LogP contribution in [0.25, 0.3) is 5.69 Å². The van der Waals surface area contributed by atoms with E-state index in [9.17, 15) is 9.18 Å². The van der Waals surface area contributed by atoms with Crippen LogP contribution in [0.1, 0.15) is 16.2 Å². The number of halogens is 1. The van der Waals surface area contributed by atoms with Crippen LogP contribution in [-0.2, 0) is 11.3 Å². The summed E-state index contributed by atoms with van der Waals surface area (Å²) in [4.78, 5) is 16.4. The zero-order valence-electron chi connectivity index (χ0n) is 14.6. The molecular formula is C18H18FN5O3. The van der Waals surface area contributed by atoms with Crippen LogP contribution in [-0.4, -0.2) is 46.0 Å². The zero-order valence-corrected chi connectivity index (χ0v) is 14.6. The molecule has 0 saturated carbocycles. The second kappa shape index (κ2) is 8.86. The molecule has 0 fully saturated rings. The van der Waals surface area contributed by atoms with Crippen molar-refractivity contribution in [1.82, 2.24) is 25.1 Å². The summed E-state index contributed by atoms with van der Waals surface area (Å²) in [5.41, 5.74) is 1.11. The molecule has 0 saturated heterocycles. The third-order valence-electron chi connectivity index (χ3n) is 3.66. The van der Waals surface area contributed by atoms with Gasteiger partial charge in [0.15, 0.2) is 5.82 Å². The first-order chi connectivity index (χ1) is 13.2. The van der Waals surface area contributed by atoms with Crippen molar-refractivity contribution in [2.24, 2.45) is 0 Å². The smallest absolute Gasteiger partial charge is 0.251 e. The summed E-state index contributed by atoms with van der Waals surface area (Å²) in [6.45, 7) is 0.922. The summed E-state index contributed by atoms with van der Waals surface area (Å²) in [7, 11) is 1.57. The van der Waals surface area contributed by atoms with Crippen molar-refractivity contribution in [3.05, 3.63) is 66.1 Å². The van der Waals surface area contributed by atoms with Crippen molar-refractivity contribution in [1.29, 1.82) is 0 Å². The fraction of sp³-hybridized carbons (Fsp3) is 0.222.